The Kier molecular flexibility index (Phi) is 8.08. The zero-order valence-electron chi connectivity index (χ0n) is 17.5. The number of sulfonamides is 1. The fraction of sp³-hybridized carbons (Fsp3) is 0.409. The number of carbonyl (C=O) groups excluding carboxylic acids is 1. The summed E-state index contributed by atoms with van der Waals surface area (Å²) in [5.41, 5.74) is 2.57. The third-order valence-electron chi connectivity index (χ3n) is 4.66. The molecular weight excluding hydrogens is 388 g/mol. The summed E-state index contributed by atoms with van der Waals surface area (Å²) in [5, 5.41) is 2.89. The summed E-state index contributed by atoms with van der Waals surface area (Å²) in [5.74, 6) is 0.518. The molecule has 1 N–H and O–H groups in total. The fourth-order valence-corrected chi connectivity index (χ4v) is 4.48. The van der Waals surface area contributed by atoms with Gasteiger partial charge in [-0.15, -0.1) is 0 Å². The molecule has 2 rings (SSSR count). The predicted molar refractivity (Wildman–Crippen MR) is 117 cm³/mol. The molecule has 0 spiro atoms. The summed E-state index contributed by atoms with van der Waals surface area (Å²) in [6.07, 6.45) is 3.05. The average molecular weight is 419 g/mol. The van der Waals surface area contributed by atoms with E-state index in [1.54, 1.807) is 25.3 Å². The van der Waals surface area contributed by atoms with E-state index in [1.807, 2.05) is 44.2 Å². The minimum absolute atomic E-state index is 0.287. The Hall–Kier alpha value is -2.54. The van der Waals surface area contributed by atoms with Crippen LogP contribution in [0.25, 0.3) is 0 Å². The molecule has 0 aliphatic rings. The van der Waals surface area contributed by atoms with Crippen LogP contribution in [0, 0.1) is 6.92 Å². The summed E-state index contributed by atoms with van der Waals surface area (Å²) in [7, 11) is -1.98. The molecule has 0 aliphatic heterocycles. The van der Waals surface area contributed by atoms with E-state index in [1.165, 1.54) is 4.31 Å². The minimum atomic E-state index is -3.61. The van der Waals surface area contributed by atoms with Crippen molar-refractivity contribution in [1.29, 1.82) is 0 Å². The summed E-state index contributed by atoms with van der Waals surface area (Å²) in [4.78, 5) is 12.8. The molecule has 6 nitrogen and oxygen atoms in total. The molecule has 0 saturated heterocycles. The first-order valence-electron chi connectivity index (χ1n) is 9.73. The molecule has 0 fully saturated rings. The largest absolute Gasteiger partial charge is 0.497 e. The molecule has 1 unspecified atom stereocenters. The zero-order valence-corrected chi connectivity index (χ0v) is 18.3. The Bertz CT molecular complexity index is 928. The van der Waals surface area contributed by atoms with Crippen LogP contribution in [0.5, 0.6) is 5.75 Å². The number of benzene rings is 2. The Morgan fingerprint density at radius 1 is 1.17 bits per heavy atom. The second-order valence-electron chi connectivity index (χ2n) is 7.07. The summed E-state index contributed by atoms with van der Waals surface area (Å²) < 4.78 is 31.4. The highest BCUT2D eigenvalue weighted by Crippen LogP contribution is 2.23. The van der Waals surface area contributed by atoms with E-state index >= 15 is 0 Å². The van der Waals surface area contributed by atoms with Crippen molar-refractivity contribution in [2.24, 2.45) is 0 Å². The number of aryl methyl sites for hydroxylation is 2. The van der Waals surface area contributed by atoms with E-state index in [-0.39, 0.29) is 5.91 Å². The first-order valence-corrected chi connectivity index (χ1v) is 11.6. The molecule has 0 radical (unpaired) electrons. The van der Waals surface area contributed by atoms with Gasteiger partial charge in [0, 0.05) is 6.54 Å². The molecule has 7 heteroatoms. The normalized spacial score (nSPS) is 12.3. The lowest BCUT2D eigenvalue weighted by molar-refractivity contribution is -0.122. The Balaban J connectivity index is 2.03. The van der Waals surface area contributed by atoms with Crippen molar-refractivity contribution in [3.05, 3.63) is 59.7 Å². The highest BCUT2D eigenvalue weighted by atomic mass is 32.2. The van der Waals surface area contributed by atoms with E-state index < -0.39 is 16.1 Å². The van der Waals surface area contributed by atoms with Crippen molar-refractivity contribution in [2.75, 3.05) is 24.2 Å². The number of nitrogens with zero attached hydrogens (tertiary/aromatic N) is 1. The van der Waals surface area contributed by atoms with Crippen LogP contribution in [0.4, 0.5) is 5.69 Å². The van der Waals surface area contributed by atoms with Crippen molar-refractivity contribution < 1.29 is 17.9 Å². The number of amides is 1. The number of hydrogen-bond donors (Lipinski definition) is 1. The van der Waals surface area contributed by atoms with Crippen LogP contribution in [-0.4, -0.2) is 40.3 Å². The van der Waals surface area contributed by atoms with Gasteiger partial charge >= 0.3 is 0 Å². The second-order valence-corrected chi connectivity index (χ2v) is 8.93. The van der Waals surface area contributed by atoms with Gasteiger partial charge in [-0.05, 0) is 61.6 Å². The first-order chi connectivity index (χ1) is 13.8. The number of carbonyl (C=O) groups is 1. The molecule has 29 heavy (non-hydrogen) atoms. The topological polar surface area (TPSA) is 75.7 Å². The number of nitrogens with one attached hydrogen (secondary N) is 1. The van der Waals surface area contributed by atoms with Gasteiger partial charge in [-0.25, -0.2) is 8.42 Å². The molecule has 2 aromatic rings. The molecule has 2 aromatic carbocycles. The van der Waals surface area contributed by atoms with Crippen LogP contribution in [0.1, 0.15) is 30.9 Å². The van der Waals surface area contributed by atoms with Crippen molar-refractivity contribution in [3.63, 3.8) is 0 Å². The van der Waals surface area contributed by atoms with Gasteiger partial charge in [-0.3, -0.25) is 9.10 Å². The average Bonchev–Trinajstić information content (AvgIpc) is 2.68. The van der Waals surface area contributed by atoms with Crippen LogP contribution >= 0.6 is 0 Å². The molecule has 0 saturated carbocycles. The Morgan fingerprint density at radius 3 is 2.52 bits per heavy atom. The second kappa shape index (κ2) is 10.3. The van der Waals surface area contributed by atoms with E-state index in [4.69, 9.17) is 4.74 Å². The fourth-order valence-electron chi connectivity index (χ4n) is 3.28. The van der Waals surface area contributed by atoms with Gasteiger partial charge in [0.1, 0.15) is 11.8 Å². The molecule has 0 aliphatic carbocycles. The number of ether oxygens (including phenoxy) is 1. The minimum Gasteiger partial charge on any atom is -0.497 e. The van der Waals surface area contributed by atoms with Crippen LogP contribution in [0.2, 0.25) is 0 Å². The monoisotopic (exact) mass is 418 g/mol. The first kappa shape index (κ1) is 22.7. The van der Waals surface area contributed by atoms with Gasteiger partial charge in [0.05, 0.1) is 19.1 Å². The lowest BCUT2D eigenvalue weighted by Crippen LogP contribution is -2.49. The third kappa shape index (κ3) is 6.49. The molecule has 1 atom stereocenters. The maximum absolute atomic E-state index is 12.8. The molecule has 0 aromatic heterocycles. The summed E-state index contributed by atoms with van der Waals surface area (Å²) in [6, 6.07) is 14.2. The van der Waals surface area contributed by atoms with Gasteiger partial charge in [0.25, 0.3) is 0 Å². The van der Waals surface area contributed by atoms with Crippen LogP contribution < -0.4 is 14.4 Å². The van der Waals surface area contributed by atoms with Gasteiger partial charge < -0.3 is 10.1 Å². The molecule has 158 valence electrons. The van der Waals surface area contributed by atoms with E-state index in [2.05, 4.69) is 5.32 Å². The highest BCUT2D eigenvalue weighted by Gasteiger charge is 2.31. The maximum Gasteiger partial charge on any atom is 0.243 e. The quantitative estimate of drug-likeness (QED) is 0.601. The summed E-state index contributed by atoms with van der Waals surface area (Å²) >= 11 is 0. The van der Waals surface area contributed by atoms with Gasteiger partial charge in [0.2, 0.25) is 15.9 Å². The van der Waals surface area contributed by atoms with Crippen molar-refractivity contribution in [1.82, 2.24) is 5.32 Å². The molecule has 0 bridgehead atoms. The van der Waals surface area contributed by atoms with Crippen molar-refractivity contribution in [2.45, 2.75) is 39.2 Å². The number of methoxy groups -OCH3 is 1. The summed E-state index contributed by atoms with van der Waals surface area (Å²) in [6.45, 7) is 4.18. The predicted octanol–water partition coefficient (Wildman–Crippen LogP) is 3.30. The molecule has 1 amide bonds. The number of hydrogen-bond acceptors (Lipinski definition) is 4. The number of anilines is 1. The smallest absolute Gasteiger partial charge is 0.243 e. The van der Waals surface area contributed by atoms with Crippen LogP contribution in [-0.2, 0) is 21.2 Å². The third-order valence-corrected chi connectivity index (χ3v) is 5.84. The van der Waals surface area contributed by atoms with E-state index in [9.17, 15) is 13.2 Å². The van der Waals surface area contributed by atoms with Gasteiger partial charge in [-0.1, -0.05) is 31.2 Å². The van der Waals surface area contributed by atoms with Gasteiger partial charge in [0.15, 0.2) is 0 Å². The maximum atomic E-state index is 12.8. The van der Waals surface area contributed by atoms with Crippen LogP contribution in [0.3, 0.4) is 0 Å². The zero-order chi connectivity index (χ0) is 21.4. The SMILES string of the molecule is CCC(C(=O)NCCCc1cccc(OC)c1)N(c1cccc(C)c1)S(C)(=O)=O. The molecular formula is C22H30N2O4S. The Morgan fingerprint density at radius 2 is 1.90 bits per heavy atom. The van der Waals surface area contributed by atoms with E-state index in [0.29, 0.717) is 18.7 Å². The van der Waals surface area contributed by atoms with E-state index in [0.717, 1.165) is 36.0 Å². The lowest BCUT2D eigenvalue weighted by Gasteiger charge is -2.30. The van der Waals surface area contributed by atoms with Crippen LogP contribution in [0.15, 0.2) is 48.5 Å². The van der Waals surface area contributed by atoms with Gasteiger partial charge in [-0.2, -0.15) is 0 Å². The molecule has 0 heterocycles. The Labute approximate surface area is 173 Å². The van der Waals surface area contributed by atoms with Crippen molar-refractivity contribution in [3.8, 4) is 5.75 Å². The number of rotatable bonds is 10. The highest BCUT2D eigenvalue weighted by molar-refractivity contribution is 7.92. The lowest BCUT2D eigenvalue weighted by atomic mass is 10.1. The standard InChI is InChI=1S/C22H30N2O4S/c1-5-21(24(29(4,26)27)19-12-6-9-17(2)15-19)22(25)23-14-8-11-18-10-7-13-20(16-18)28-3/h6-7,9-10,12-13,15-16,21H,5,8,11,14H2,1-4H3,(H,23,25). The van der Waals surface area contributed by atoms with Crippen molar-refractivity contribution >= 4 is 21.6 Å².